The molecule has 0 saturated carbocycles. The first-order chi connectivity index (χ1) is 6.00. The molecule has 4 heteroatoms. The maximum Gasteiger partial charge on any atom is 0.0225 e. The molecule has 4 N–H and O–H groups in total. The van der Waals surface area contributed by atoms with E-state index in [2.05, 4.69) is 21.5 Å². The van der Waals surface area contributed by atoms with E-state index >= 15 is 0 Å². The van der Waals surface area contributed by atoms with Gasteiger partial charge in [0, 0.05) is 32.7 Å². The fourth-order valence-corrected chi connectivity index (χ4v) is 1.22. The molecule has 0 radical (unpaired) electrons. The maximum absolute atomic E-state index is 3.39. The highest BCUT2D eigenvalue weighted by Gasteiger charge is 1.92. The zero-order valence-corrected chi connectivity index (χ0v) is 7.66. The summed E-state index contributed by atoms with van der Waals surface area (Å²) in [5.41, 5.74) is 6.36. The van der Waals surface area contributed by atoms with Crippen molar-refractivity contribution in [1.29, 1.82) is 0 Å². The molecule has 0 aromatic heterocycles. The standard InChI is InChI=1S/C8H20N4/c1-2-4-11-12-8-7-10-6-5-9-3-1/h9-12H,1-8H2. The van der Waals surface area contributed by atoms with Crippen LogP contribution in [0, 0.1) is 0 Å². The normalized spacial score (nSPS) is 24.0. The van der Waals surface area contributed by atoms with E-state index in [1.165, 1.54) is 12.8 Å². The van der Waals surface area contributed by atoms with E-state index in [0.717, 1.165) is 39.3 Å². The third kappa shape index (κ3) is 5.49. The van der Waals surface area contributed by atoms with Gasteiger partial charge in [-0.3, -0.25) is 10.9 Å². The Morgan fingerprint density at radius 1 is 0.500 bits per heavy atom. The van der Waals surface area contributed by atoms with E-state index in [0.29, 0.717) is 0 Å². The summed E-state index contributed by atoms with van der Waals surface area (Å²) >= 11 is 0. The molecule has 1 rings (SSSR count). The highest BCUT2D eigenvalue weighted by atomic mass is 15.3. The molecule has 1 aliphatic rings. The van der Waals surface area contributed by atoms with Crippen molar-refractivity contribution in [3.8, 4) is 0 Å². The lowest BCUT2D eigenvalue weighted by molar-refractivity contribution is 0.477. The molecule has 4 nitrogen and oxygen atoms in total. The molecule has 1 fully saturated rings. The smallest absolute Gasteiger partial charge is 0.0225 e. The highest BCUT2D eigenvalue weighted by Crippen LogP contribution is 1.83. The predicted molar refractivity (Wildman–Crippen MR) is 51.0 cm³/mol. The summed E-state index contributed by atoms with van der Waals surface area (Å²) in [6.07, 6.45) is 2.50. The van der Waals surface area contributed by atoms with Gasteiger partial charge in [0.2, 0.25) is 0 Å². The van der Waals surface area contributed by atoms with Crippen molar-refractivity contribution in [3.05, 3.63) is 0 Å². The third-order valence-corrected chi connectivity index (χ3v) is 1.94. The summed E-state index contributed by atoms with van der Waals surface area (Å²) in [6.45, 7) is 6.41. The molecular weight excluding hydrogens is 152 g/mol. The van der Waals surface area contributed by atoms with Crippen molar-refractivity contribution in [3.63, 3.8) is 0 Å². The van der Waals surface area contributed by atoms with Crippen LogP contribution >= 0.6 is 0 Å². The monoisotopic (exact) mass is 172 g/mol. The van der Waals surface area contributed by atoms with Crippen LogP contribution in [-0.4, -0.2) is 39.3 Å². The first kappa shape index (κ1) is 9.92. The third-order valence-electron chi connectivity index (χ3n) is 1.94. The minimum Gasteiger partial charge on any atom is -0.315 e. The van der Waals surface area contributed by atoms with E-state index in [1.54, 1.807) is 0 Å². The van der Waals surface area contributed by atoms with Gasteiger partial charge in [0.1, 0.15) is 0 Å². The first-order valence-corrected chi connectivity index (χ1v) is 4.87. The summed E-state index contributed by atoms with van der Waals surface area (Å²) < 4.78 is 0. The number of nitrogens with one attached hydrogen (secondary N) is 4. The molecule has 1 aliphatic heterocycles. The van der Waals surface area contributed by atoms with E-state index in [4.69, 9.17) is 0 Å². The fourth-order valence-electron chi connectivity index (χ4n) is 1.22. The molecule has 0 aliphatic carbocycles. The van der Waals surface area contributed by atoms with Crippen LogP contribution in [0.15, 0.2) is 0 Å². The molecular formula is C8H20N4. The Labute approximate surface area is 74.5 Å². The molecule has 1 heterocycles. The predicted octanol–water partition coefficient (Wildman–Crippen LogP) is -0.946. The van der Waals surface area contributed by atoms with Gasteiger partial charge in [-0.05, 0) is 19.4 Å². The number of hydrogen-bond acceptors (Lipinski definition) is 4. The van der Waals surface area contributed by atoms with Crippen LogP contribution < -0.4 is 21.5 Å². The van der Waals surface area contributed by atoms with Crippen molar-refractivity contribution < 1.29 is 0 Å². The van der Waals surface area contributed by atoms with Gasteiger partial charge < -0.3 is 10.6 Å². The molecule has 0 spiro atoms. The Hall–Kier alpha value is -0.160. The van der Waals surface area contributed by atoms with Gasteiger partial charge in [-0.2, -0.15) is 0 Å². The molecule has 0 unspecified atom stereocenters. The molecule has 1 saturated heterocycles. The van der Waals surface area contributed by atoms with Crippen molar-refractivity contribution in [2.24, 2.45) is 0 Å². The van der Waals surface area contributed by atoms with Crippen LogP contribution in [0.1, 0.15) is 12.8 Å². The lowest BCUT2D eigenvalue weighted by Crippen LogP contribution is -2.40. The van der Waals surface area contributed by atoms with Crippen LogP contribution in [-0.2, 0) is 0 Å². The second kappa shape index (κ2) is 7.49. The SMILES string of the molecule is C1CCNNCCNCCNC1. The largest absolute Gasteiger partial charge is 0.315 e. The minimum atomic E-state index is 1.00. The van der Waals surface area contributed by atoms with Gasteiger partial charge in [-0.15, -0.1) is 0 Å². The highest BCUT2D eigenvalue weighted by molar-refractivity contribution is 4.56. The molecule has 0 aromatic rings. The first-order valence-electron chi connectivity index (χ1n) is 4.87. The van der Waals surface area contributed by atoms with Crippen molar-refractivity contribution >= 4 is 0 Å². The van der Waals surface area contributed by atoms with Crippen LogP contribution in [0.25, 0.3) is 0 Å². The van der Waals surface area contributed by atoms with Crippen molar-refractivity contribution in [2.45, 2.75) is 12.8 Å². The van der Waals surface area contributed by atoms with Gasteiger partial charge in [-0.1, -0.05) is 0 Å². The van der Waals surface area contributed by atoms with E-state index in [-0.39, 0.29) is 0 Å². The lowest BCUT2D eigenvalue weighted by atomic mass is 10.3. The van der Waals surface area contributed by atoms with Crippen LogP contribution in [0.4, 0.5) is 0 Å². The molecule has 0 atom stereocenters. The summed E-state index contributed by atoms with van der Waals surface area (Å²) in [5, 5.41) is 6.73. The second-order valence-corrected chi connectivity index (χ2v) is 3.06. The zero-order valence-electron chi connectivity index (χ0n) is 7.66. The summed E-state index contributed by atoms with van der Waals surface area (Å²) in [7, 11) is 0. The lowest BCUT2D eigenvalue weighted by Gasteiger charge is -2.11. The van der Waals surface area contributed by atoms with E-state index in [1.807, 2.05) is 0 Å². The molecule has 0 aromatic carbocycles. The van der Waals surface area contributed by atoms with Gasteiger partial charge in [0.25, 0.3) is 0 Å². The van der Waals surface area contributed by atoms with Gasteiger partial charge in [-0.25, -0.2) is 0 Å². The Morgan fingerprint density at radius 2 is 1.08 bits per heavy atom. The number of hydrazine groups is 1. The summed E-state index contributed by atoms with van der Waals surface area (Å²) in [4.78, 5) is 0. The van der Waals surface area contributed by atoms with E-state index in [9.17, 15) is 0 Å². The summed E-state index contributed by atoms with van der Waals surface area (Å²) in [6, 6.07) is 0. The van der Waals surface area contributed by atoms with Crippen molar-refractivity contribution in [2.75, 3.05) is 39.3 Å². The average molecular weight is 172 g/mol. The fraction of sp³-hybridized carbons (Fsp3) is 1.00. The Morgan fingerprint density at radius 3 is 2.00 bits per heavy atom. The summed E-state index contributed by atoms with van der Waals surface area (Å²) in [5.74, 6) is 0. The maximum atomic E-state index is 3.39. The van der Waals surface area contributed by atoms with Gasteiger partial charge in [0.05, 0.1) is 0 Å². The van der Waals surface area contributed by atoms with Crippen LogP contribution in [0.5, 0.6) is 0 Å². The Balaban J connectivity index is 2.00. The van der Waals surface area contributed by atoms with E-state index < -0.39 is 0 Å². The van der Waals surface area contributed by atoms with Crippen LogP contribution in [0.2, 0.25) is 0 Å². The molecule has 72 valence electrons. The van der Waals surface area contributed by atoms with Crippen molar-refractivity contribution in [1.82, 2.24) is 21.5 Å². The zero-order chi connectivity index (χ0) is 8.49. The minimum absolute atomic E-state index is 1.00. The number of hydrogen-bond donors (Lipinski definition) is 4. The second-order valence-electron chi connectivity index (χ2n) is 3.06. The van der Waals surface area contributed by atoms with Gasteiger partial charge in [0.15, 0.2) is 0 Å². The topological polar surface area (TPSA) is 48.1 Å². The van der Waals surface area contributed by atoms with Gasteiger partial charge >= 0.3 is 0 Å². The average Bonchev–Trinajstić information content (AvgIpc) is 2.05. The Bertz CT molecular complexity index is 54.0. The molecule has 12 heavy (non-hydrogen) atoms. The van der Waals surface area contributed by atoms with Crippen LogP contribution in [0.3, 0.4) is 0 Å². The quantitative estimate of drug-likeness (QED) is 0.381. The molecule has 0 bridgehead atoms. The number of rotatable bonds is 0. The molecule has 0 amide bonds. The Kier molecular flexibility index (Phi) is 6.19.